The minimum absolute atomic E-state index is 0.0284. The van der Waals surface area contributed by atoms with Crippen LogP contribution in [-0.4, -0.2) is 146 Å². The fraction of sp³-hybridized carbons (Fsp3) is 0.490. The number of fused-ring (bicyclic) bond motifs is 7. The predicted molar refractivity (Wildman–Crippen MR) is 259 cm³/mol. The lowest BCUT2D eigenvalue weighted by molar-refractivity contribution is -0.228. The molecule has 374 valence electrons. The molecule has 1 aliphatic carbocycles. The summed E-state index contributed by atoms with van der Waals surface area (Å²) in [6, 6.07) is 11.2. The van der Waals surface area contributed by atoms with Gasteiger partial charge in [0.05, 0.1) is 27.4 Å². The zero-order chi connectivity index (χ0) is 50.5. The summed E-state index contributed by atoms with van der Waals surface area (Å²) < 4.78 is 26.0. The van der Waals surface area contributed by atoms with Crippen LogP contribution in [0.3, 0.4) is 0 Å². The molecule has 1 saturated heterocycles. The van der Waals surface area contributed by atoms with Gasteiger partial charge in [0.25, 0.3) is 5.91 Å². The molecule has 2 bridgehead atoms. The third kappa shape index (κ3) is 6.59. The van der Waals surface area contributed by atoms with Gasteiger partial charge in [0.1, 0.15) is 17.5 Å². The number of imidazole rings is 1. The first-order chi connectivity index (χ1) is 34.0. The Morgan fingerprint density at radius 1 is 1.00 bits per heavy atom. The smallest absolute Gasteiger partial charge is 0.352 e. The van der Waals surface area contributed by atoms with Gasteiger partial charge in [-0.2, -0.15) is 4.68 Å². The number of benzene rings is 2. The van der Waals surface area contributed by atoms with Gasteiger partial charge in [-0.1, -0.05) is 61.1 Å². The van der Waals surface area contributed by atoms with Gasteiger partial charge < -0.3 is 39.7 Å². The molecule has 0 unspecified atom stereocenters. The van der Waals surface area contributed by atoms with Crippen LogP contribution in [0.2, 0.25) is 0 Å². The van der Waals surface area contributed by atoms with Crippen molar-refractivity contribution in [3.63, 3.8) is 0 Å². The predicted octanol–water partition coefficient (Wildman–Crippen LogP) is 2.68. The molecule has 8 heterocycles. The number of nitrogens with one attached hydrogen (secondary N) is 1. The number of esters is 3. The third-order valence-corrected chi connectivity index (χ3v) is 16.5. The Labute approximate surface area is 409 Å². The first-order valence-electron chi connectivity index (χ1n) is 24.0. The highest BCUT2D eigenvalue weighted by molar-refractivity contribution is 5.97. The Morgan fingerprint density at radius 2 is 1.76 bits per heavy atom. The Bertz CT molecular complexity index is 3160. The molecule has 1 saturated carbocycles. The number of primary amides is 1. The molecule has 0 radical (unpaired) electrons. The summed E-state index contributed by atoms with van der Waals surface area (Å²) in [6.07, 6.45) is 8.86. The number of aromatic nitrogens is 6. The summed E-state index contributed by atoms with van der Waals surface area (Å²) in [5.74, 6) is -2.05. The van der Waals surface area contributed by atoms with E-state index in [1.165, 1.54) is 40.1 Å². The number of ether oxygens (including phenoxy) is 4. The average Bonchev–Trinajstić information content (AvgIpc) is 4.14. The third-order valence-electron chi connectivity index (χ3n) is 16.5. The number of aryl methyl sites for hydroxylation is 1. The summed E-state index contributed by atoms with van der Waals surface area (Å²) in [7, 11) is 7.67. The minimum atomic E-state index is -2.27. The lowest BCUT2D eigenvalue weighted by atomic mass is 9.47. The fourth-order valence-electron chi connectivity index (χ4n) is 13.9. The maximum absolute atomic E-state index is 15.2. The zero-order valence-corrected chi connectivity index (χ0v) is 41.2. The molecule has 4 N–H and O–H groups in total. The summed E-state index contributed by atoms with van der Waals surface area (Å²) >= 11 is 0. The van der Waals surface area contributed by atoms with Gasteiger partial charge in [-0.25, -0.2) is 19.0 Å². The first kappa shape index (κ1) is 47.8. The number of carbonyl (C=O) groups excluding carboxylic acids is 4. The zero-order valence-electron chi connectivity index (χ0n) is 41.2. The van der Waals surface area contributed by atoms with Crippen molar-refractivity contribution in [1.82, 2.24) is 39.2 Å². The highest BCUT2D eigenvalue weighted by Crippen LogP contribution is 2.68. The van der Waals surface area contributed by atoms with E-state index in [1.807, 2.05) is 37.1 Å². The summed E-state index contributed by atoms with van der Waals surface area (Å²) in [6.45, 7) is 9.19. The maximum Gasteiger partial charge on any atom is 0.352 e. The molecule has 2 fully saturated rings. The molecule has 3 aromatic heterocycles. The highest BCUT2D eigenvalue weighted by atomic mass is 16.6. The average molecular weight is 973 g/mol. The van der Waals surface area contributed by atoms with Crippen LogP contribution in [-0.2, 0) is 53.0 Å². The van der Waals surface area contributed by atoms with Crippen LogP contribution in [0.25, 0.3) is 16.6 Å². The largest absolute Gasteiger partial charge is 0.496 e. The standard InChI is InChI=1S/C45H54N4O8.C6H6N6O2/c1-8-27-19-28-22-44(40(51)55-6,36-30(25-48(23-27)24-28)29-13-10-11-14-33(29)46-36)32-20-31-34(21-35(32)54-5)47(4)38-43(31)16-18-49-17-12-15-42(9-2,37(43)49)39(57-26(3)50)45(38,53)41(52)56-7;1-11-6(14)12-2-8-3(4(7)13)5(12)9-10-11/h10-15,19-21,28,37-39,46,53H,8-9,16-18,22-25H2,1-7H3;2H,1H3,(H2,7,13)/t28-,37-,38+,39+,42+,43+,44-,45-;/m0./s1. The highest BCUT2D eigenvalue weighted by Gasteiger charge is 2.80. The van der Waals surface area contributed by atoms with Crippen LogP contribution in [0.5, 0.6) is 5.75 Å². The molecule has 6 aliphatic rings. The molecule has 20 nitrogen and oxygen atoms in total. The van der Waals surface area contributed by atoms with Crippen LogP contribution in [0.4, 0.5) is 5.69 Å². The van der Waals surface area contributed by atoms with Gasteiger partial charge in [0.15, 0.2) is 17.4 Å². The number of anilines is 1. The monoisotopic (exact) mass is 972 g/mol. The number of carbonyl (C=O) groups is 4. The number of rotatable bonds is 8. The van der Waals surface area contributed by atoms with Crippen LogP contribution in [0, 0.1) is 11.3 Å². The van der Waals surface area contributed by atoms with Crippen molar-refractivity contribution in [2.75, 3.05) is 59.5 Å². The number of hydrogen-bond acceptors (Lipinski definition) is 16. The van der Waals surface area contributed by atoms with E-state index in [2.05, 4.69) is 73.4 Å². The van der Waals surface area contributed by atoms with E-state index in [0.717, 1.165) is 62.0 Å². The molecule has 71 heavy (non-hydrogen) atoms. The second-order valence-electron chi connectivity index (χ2n) is 19.8. The molecule has 5 aromatic rings. The second kappa shape index (κ2) is 17.2. The molecule has 1 spiro atoms. The van der Waals surface area contributed by atoms with Gasteiger partial charge in [-0.05, 0) is 61.4 Å². The molecular weight excluding hydrogens is 913 g/mol. The molecule has 9 atom stereocenters. The second-order valence-corrected chi connectivity index (χ2v) is 19.8. The maximum atomic E-state index is 15.2. The Kier molecular flexibility index (Phi) is 11.5. The van der Waals surface area contributed by atoms with Gasteiger partial charge in [-0.15, -0.1) is 5.10 Å². The molecule has 1 amide bonds. The summed E-state index contributed by atoms with van der Waals surface area (Å²) in [4.78, 5) is 79.0. The van der Waals surface area contributed by atoms with Gasteiger partial charge in [0, 0.05) is 98.0 Å². The lowest BCUT2D eigenvalue weighted by Gasteiger charge is -2.63. The topological polar surface area (TPSA) is 242 Å². The van der Waals surface area contributed by atoms with E-state index in [4.69, 9.17) is 24.7 Å². The van der Waals surface area contributed by atoms with Gasteiger partial charge in [0.2, 0.25) is 5.60 Å². The van der Waals surface area contributed by atoms with E-state index in [-0.39, 0.29) is 29.3 Å². The SMILES string of the molecule is CCC1=C[C@@H]2C[N@](C1)Cc1c([nH]c3ccccc13)[C@@](C(=O)OC)(c1cc3c(cc1OC)N(C)[C@H]1[C@@](O)(C(=O)OC)[C@H](OC(C)=O)[C@]4(CC)C=CCN5CC[C@]31[C@@H]54)C2.Cn1nnc2c(C(N)=O)ncn2c1=O. The number of hydrogen-bond donors (Lipinski definition) is 3. The number of methoxy groups -OCH3 is 3. The van der Waals surface area contributed by atoms with Gasteiger partial charge in [-0.3, -0.25) is 24.2 Å². The van der Waals surface area contributed by atoms with Crippen molar-refractivity contribution in [3.8, 4) is 5.75 Å². The summed E-state index contributed by atoms with van der Waals surface area (Å²) in [5.41, 5.74) is 5.64. The molecule has 2 aromatic carbocycles. The molecule has 20 heteroatoms. The van der Waals surface area contributed by atoms with Gasteiger partial charge >= 0.3 is 23.6 Å². The lowest BCUT2D eigenvalue weighted by Crippen LogP contribution is -2.81. The van der Waals surface area contributed by atoms with E-state index in [9.17, 15) is 24.3 Å². The first-order valence-corrected chi connectivity index (χ1v) is 24.0. The number of aromatic amines is 1. The number of likely N-dealkylation sites (N-methyl/N-ethyl adjacent to an activating group) is 1. The van der Waals surface area contributed by atoms with E-state index in [1.54, 1.807) is 7.11 Å². The van der Waals surface area contributed by atoms with Crippen molar-refractivity contribution in [2.24, 2.45) is 24.1 Å². The van der Waals surface area contributed by atoms with E-state index >= 15 is 4.79 Å². The van der Waals surface area contributed by atoms with Crippen molar-refractivity contribution < 1.29 is 43.2 Å². The number of nitrogens with two attached hydrogens (primary N) is 1. The number of amides is 1. The van der Waals surface area contributed by atoms with E-state index < -0.39 is 57.5 Å². The Balaban J connectivity index is 0.000000357. The van der Waals surface area contributed by atoms with Crippen molar-refractivity contribution in [3.05, 3.63) is 105 Å². The van der Waals surface area contributed by atoms with Crippen LogP contribution in [0.1, 0.15) is 79.3 Å². The Morgan fingerprint density at radius 3 is 2.45 bits per heavy atom. The number of H-pyrrole nitrogens is 1. The van der Waals surface area contributed by atoms with Crippen LogP contribution < -0.4 is 21.1 Å². The van der Waals surface area contributed by atoms with Crippen molar-refractivity contribution >= 4 is 46.1 Å². The quantitative estimate of drug-likeness (QED) is 0.115. The normalized spacial score (nSPS) is 30.1. The van der Waals surface area contributed by atoms with E-state index in [0.29, 0.717) is 50.2 Å². The fourth-order valence-corrected chi connectivity index (χ4v) is 13.9. The van der Waals surface area contributed by atoms with Crippen molar-refractivity contribution in [2.45, 2.75) is 87.6 Å². The van der Waals surface area contributed by atoms with Crippen LogP contribution in [0.15, 0.2) is 71.3 Å². The minimum Gasteiger partial charge on any atom is -0.496 e. The molecular formula is C51H60N10O10. The number of nitrogens with zero attached hydrogens (tertiary/aromatic N) is 8. The van der Waals surface area contributed by atoms with Crippen LogP contribution >= 0.6 is 0 Å². The molecule has 5 aliphatic heterocycles. The number of aliphatic hydroxyl groups is 1. The van der Waals surface area contributed by atoms with Crippen molar-refractivity contribution in [1.29, 1.82) is 0 Å². The Hall–Kier alpha value is -6.90. The molecule has 11 rings (SSSR count). The summed E-state index contributed by atoms with van der Waals surface area (Å²) in [5, 5.41) is 21.5. The number of para-hydroxylation sites is 1.